The van der Waals surface area contributed by atoms with Gasteiger partial charge in [0.1, 0.15) is 11.9 Å². The summed E-state index contributed by atoms with van der Waals surface area (Å²) >= 11 is 1.51. The van der Waals surface area contributed by atoms with Crippen molar-refractivity contribution in [2.24, 2.45) is 0 Å². The van der Waals surface area contributed by atoms with E-state index in [2.05, 4.69) is 22.3 Å². The largest absolute Gasteiger partial charge is 0.480 e. The van der Waals surface area contributed by atoms with Gasteiger partial charge in [-0.15, -0.1) is 11.3 Å². The topological polar surface area (TPSA) is 82.5 Å². The smallest absolute Gasteiger partial charge is 0.326 e. The highest BCUT2D eigenvalue weighted by Crippen LogP contribution is 2.30. The maximum absolute atomic E-state index is 13.4. The van der Waals surface area contributed by atoms with E-state index >= 15 is 0 Å². The van der Waals surface area contributed by atoms with Gasteiger partial charge < -0.3 is 15.3 Å². The van der Waals surface area contributed by atoms with Crippen molar-refractivity contribution in [3.8, 4) is 11.3 Å². The third-order valence-corrected chi connectivity index (χ3v) is 7.50. The number of rotatable bonds is 11. The number of carboxylic acids is 1. The monoisotopic (exact) mass is 565 g/mol. The van der Waals surface area contributed by atoms with Crippen LogP contribution in [0.25, 0.3) is 11.3 Å². The highest BCUT2D eigenvalue weighted by atomic mass is 32.1. The van der Waals surface area contributed by atoms with Crippen LogP contribution in [0.2, 0.25) is 0 Å². The standard InChI is InChI=1S/C33H28FN3O3S/c34-28-17-15-26(16-18-28)30-22-41-33(36-30)37(20-24-9-5-2-6-10-24)21-25-11-13-27(14-12-25)31(38)35-29(32(39)40)19-23-7-3-1-4-8-23/h1-18,22,29H,19-21H2,(H,35,38)(H,39,40). The number of aromatic nitrogens is 1. The predicted molar refractivity (Wildman–Crippen MR) is 159 cm³/mol. The van der Waals surface area contributed by atoms with E-state index < -0.39 is 17.9 Å². The first-order valence-electron chi connectivity index (χ1n) is 13.1. The Kier molecular flexibility index (Phi) is 8.81. The number of benzene rings is 4. The van der Waals surface area contributed by atoms with E-state index in [1.165, 1.54) is 23.5 Å². The number of hydrogen-bond acceptors (Lipinski definition) is 5. The second-order valence-corrected chi connectivity index (χ2v) is 10.5. The summed E-state index contributed by atoms with van der Waals surface area (Å²) in [4.78, 5) is 31.7. The second kappa shape index (κ2) is 13.0. The second-order valence-electron chi connectivity index (χ2n) is 9.61. The van der Waals surface area contributed by atoms with Gasteiger partial charge in [-0.1, -0.05) is 72.8 Å². The molecule has 0 aliphatic rings. The first-order chi connectivity index (χ1) is 19.9. The lowest BCUT2D eigenvalue weighted by Crippen LogP contribution is -2.42. The Morgan fingerprint density at radius 2 is 1.39 bits per heavy atom. The lowest BCUT2D eigenvalue weighted by molar-refractivity contribution is -0.139. The lowest BCUT2D eigenvalue weighted by Gasteiger charge is -2.22. The zero-order valence-electron chi connectivity index (χ0n) is 22.1. The van der Waals surface area contributed by atoms with Crippen molar-refractivity contribution in [3.63, 3.8) is 0 Å². The van der Waals surface area contributed by atoms with Crippen LogP contribution < -0.4 is 10.2 Å². The summed E-state index contributed by atoms with van der Waals surface area (Å²) < 4.78 is 13.4. The SMILES string of the molecule is O=C(NC(Cc1ccccc1)C(=O)O)c1ccc(CN(Cc2ccccc2)c2nc(-c3ccc(F)cc3)cs2)cc1. The Labute approximate surface area is 241 Å². The summed E-state index contributed by atoms with van der Waals surface area (Å²) in [7, 11) is 0. The van der Waals surface area contributed by atoms with Crippen LogP contribution in [0.1, 0.15) is 27.0 Å². The molecule has 1 atom stereocenters. The maximum atomic E-state index is 13.4. The van der Waals surface area contributed by atoms with Gasteiger partial charge >= 0.3 is 5.97 Å². The van der Waals surface area contributed by atoms with Crippen LogP contribution in [-0.4, -0.2) is 28.0 Å². The van der Waals surface area contributed by atoms with Crippen LogP contribution >= 0.6 is 11.3 Å². The summed E-state index contributed by atoms with van der Waals surface area (Å²) in [6.07, 6.45) is 0.197. The fourth-order valence-corrected chi connectivity index (χ4v) is 5.27. The fraction of sp³-hybridized carbons (Fsp3) is 0.121. The summed E-state index contributed by atoms with van der Waals surface area (Å²) in [6.45, 7) is 1.16. The van der Waals surface area contributed by atoms with Crippen LogP contribution in [-0.2, 0) is 24.3 Å². The van der Waals surface area contributed by atoms with Gasteiger partial charge in [0.05, 0.1) is 5.69 Å². The third-order valence-electron chi connectivity index (χ3n) is 6.59. The average molecular weight is 566 g/mol. The molecule has 5 rings (SSSR count). The third kappa shape index (κ3) is 7.43. The minimum atomic E-state index is -1.08. The van der Waals surface area contributed by atoms with Crippen LogP contribution in [0.5, 0.6) is 0 Å². The summed E-state index contributed by atoms with van der Waals surface area (Å²) in [5.74, 6) is -1.81. The van der Waals surface area contributed by atoms with Crippen LogP contribution in [0.15, 0.2) is 115 Å². The molecule has 206 valence electrons. The summed E-state index contributed by atoms with van der Waals surface area (Å²) in [6, 6.07) is 31.7. The van der Waals surface area contributed by atoms with Crippen molar-refractivity contribution >= 4 is 28.3 Å². The van der Waals surface area contributed by atoms with Crippen molar-refractivity contribution in [2.75, 3.05) is 4.90 Å². The van der Waals surface area contributed by atoms with Crippen molar-refractivity contribution in [1.29, 1.82) is 0 Å². The number of anilines is 1. The van der Waals surface area contributed by atoms with E-state index in [4.69, 9.17) is 4.98 Å². The van der Waals surface area contributed by atoms with Crippen molar-refractivity contribution in [1.82, 2.24) is 10.3 Å². The molecule has 0 aliphatic carbocycles. The molecule has 0 bridgehead atoms. The number of nitrogens with zero attached hydrogens (tertiary/aromatic N) is 2. The molecule has 6 nitrogen and oxygen atoms in total. The molecule has 0 saturated heterocycles. The number of hydrogen-bond donors (Lipinski definition) is 2. The highest BCUT2D eigenvalue weighted by Gasteiger charge is 2.21. The summed E-state index contributed by atoms with van der Waals surface area (Å²) in [5, 5.41) is 15.1. The van der Waals surface area contributed by atoms with Crippen molar-refractivity contribution < 1.29 is 19.1 Å². The van der Waals surface area contributed by atoms with E-state index in [1.54, 1.807) is 24.3 Å². The van der Waals surface area contributed by atoms with Gasteiger partial charge in [0.15, 0.2) is 5.13 Å². The van der Waals surface area contributed by atoms with Crippen molar-refractivity contribution in [3.05, 3.63) is 143 Å². The Morgan fingerprint density at radius 3 is 2.00 bits per heavy atom. The number of carbonyl (C=O) groups excluding carboxylic acids is 1. The Bertz CT molecular complexity index is 1590. The molecule has 41 heavy (non-hydrogen) atoms. The van der Waals surface area contributed by atoms with E-state index in [0.717, 1.165) is 33.1 Å². The molecule has 5 aromatic rings. The molecule has 8 heteroatoms. The molecule has 1 heterocycles. The van der Waals surface area contributed by atoms with Gasteiger partial charge in [-0.2, -0.15) is 0 Å². The molecule has 0 spiro atoms. The zero-order chi connectivity index (χ0) is 28.6. The van der Waals surface area contributed by atoms with E-state index in [-0.39, 0.29) is 12.2 Å². The highest BCUT2D eigenvalue weighted by molar-refractivity contribution is 7.14. The average Bonchev–Trinajstić information content (AvgIpc) is 3.49. The van der Waals surface area contributed by atoms with Gasteiger partial charge in [-0.25, -0.2) is 14.2 Å². The minimum Gasteiger partial charge on any atom is -0.480 e. The van der Waals surface area contributed by atoms with Gasteiger partial charge in [-0.05, 0) is 53.1 Å². The Hall–Kier alpha value is -4.82. The molecule has 0 radical (unpaired) electrons. The summed E-state index contributed by atoms with van der Waals surface area (Å²) in [5.41, 5.74) is 4.93. The Balaban J connectivity index is 1.31. The molecule has 0 saturated carbocycles. The van der Waals surface area contributed by atoms with E-state index in [9.17, 15) is 19.1 Å². The number of carboxylic acid groups (broad SMARTS) is 1. The quantitative estimate of drug-likeness (QED) is 0.189. The normalized spacial score (nSPS) is 11.5. The van der Waals surface area contributed by atoms with Crippen LogP contribution in [0.3, 0.4) is 0 Å². The van der Waals surface area contributed by atoms with Gasteiger partial charge in [-0.3, -0.25) is 4.79 Å². The predicted octanol–water partition coefficient (Wildman–Crippen LogP) is 6.58. The molecule has 1 aromatic heterocycles. The number of nitrogens with one attached hydrogen (secondary N) is 1. The first kappa shape index (κ1) is 27.7. The Morgan fingerprint density at radius 1 is 0.805 bits per heavy atom. The molecule has 4 aromatic carbocycles. The maximum Gasteiger partial charge on any atom is 0.326 e. The number of halogens is 1. The number of amides is 1. The molecular formula is C33H28FN3O3S. The molecule has 2 N–H and O–H groups in total. The molecular weight excluding hydrogens is 537 g/mol. The van der Waals surface area contributed by atoms with Gasteiger partial charge in [0.2, 0.25) is 0 Å². The van der Waals surface area contributed by atoms with Gasteiger partial charge in [0, 0.05) is 36.0 Å². The number of thiazole rings is 1. The zero-order valence-corrected chi connectivity index (χ0v) is 22.9. The molecule has 1 unspecified atom stereocenters. The van der Waals surface area contributed by atoms with Crippen molar-refractivity contribution in [2.45, 2.75) is 25.6 Å². The minimum absolute atomic E-state index is 0.197. The van der Waals surface area contributed by atoms with Gasteiger partial charge in [0.25, 0.3) is 5.91 Å². The lowest BCUT2D eigenvalue weighted by atomic mass is 10.1. The molecule has 1 amide bonds. The number of aliphatic carboxylic acids is 1. The first-order valence-corrected chi connectivity index (χ1v) is 14.0. The van der Waals surface area contributed by atoms with Crippen LogP contribution in [0.4, 0.5) is 9.52 Å². The fourth-order valence-electron chi connectivity index (χ4n) is 4.43. The van der Waals surface area contributed by atoms with E-state index in [0.29, 0.717) is 18.7 Å². The van der Waals surface area contributed by atoms with Crippen LogP contribution in [0, 0.1) is 5.82 Å². The molecule has 0 fully saturated rings. The van der Waals surface area contributed by atoms with E-state index in [1.807, 2.05) is 66.0 Å². The molecule has 0 aliphatic heterocycles. The number of carbonyl (C=O) groups is 2.